The molecule has 6 heteroatoms. The quantitative estimate of drug-likeness (QED) is 0.803. The molecule has 5 nitrogen and oxygen atoms in total. The van der Waals surface area contributed by atoms with E-state index in [2.05, 4.69) is 16.5 Å². The van der Waals surface area contributed by atoms with Gasteiger partial charge in [-0.2, -0.15) is 0 Å². The maximum Gasteiger partial charge on any atom is 0.261 e. The van der Waals surface area contributed by atoms with E-state index in [4.69, 9.17) is 4.74 Å². The van der Waals surface area contributed by atoms with Crippen LogP contribution in [0.2, 0.25) is 0 Å². The van der Waals surface area contributed by atoms with Crippen LogP contribution in [0, 0.1) is 0 Å². The van der Waals surface area contributed by atoms with E-state index in [9.17, 15) is 8.42 Å². The van der Waals surface area contributed by atoms with Crippen molar-refractivity contribution in [3.63, 3.8) is 0 Å². The topological polar surface area (TPSA) is 58.6 Å². The molecule has 2 aromatic rings. The van der Waals surface area contributed by atoms with Gasteiger partial charge in [0.15, 0.2) is 0 Å². The van der Waals surface area contributed by atoms with Gasteiger partial charge in [0.2, 0.25) is 0 Å². The van der Waals surface area contributed by atoms with Gasteiger partial charge in [-0.05, 0) is 73.8 Å². The number of likely N-dealkylation sites (tertiary alicyclic amines) is 1. The normalized spacial score (nSPS) is 18.0. The molecule has 0 radical (unpaired) electrons. The Kier molecular flexibility index (Phi) is 5.84. The Morgan fingerprint density at radius 1 is 1.12 bits per heavy atom. The Morgan fingerprint density at radius 3 is 2.42 bits per heavy atom. The van der Waals surface area contributed by atoms with Crippen molar-refractivity contribution in [2.45, 2.75) is 30.6 Å². The highest BCUT2D eigenvalue weighted by atomic mass is 32.2. The zero-order valence-corrected chi connectivity index (χ0v) is 16.1. The summed E-state index contributed by atoms with van der Waals surface area (Å²) in [5.41, 5.74) is 1.85. The van der Waals surface area contributed by atoms with E-state index in [1.807, 2.05) is 24.3 Å². The summed E-state index contributed by atoms with van der Waals surface area (Å²) in [5.74, 6) is 1.16. The third-order valence-electron chi connectivity index (χ3n) is 4.82. The summed E-state index contributed by atoms with van der Waals surface area (Å²) in [7, 11) is -2.05. The predicted octanol–water partition coefficient (Wildman–Crippen LogP) is 3.70. The summed E-state index contributed by atoms with van der Waals surface area (Å²) in [5, 5.41) is 0. The monoisotopic (exact) mass is 374 g/mol. The van der Waals surface area contributed by atoms with Crippen molar-refractivity contribution in [1.82, 2.24) is 4.90 Å². The summed E-state index contributed by atoms with van der Waals surface area (Å²) < 4.78 is 32.7. The van der Waals surface area contributed by atoms with Gasteiger partial charge >= 0.3 is 0 Å². The van der Waals surface area contributed by atoms with Gasteiger partial charge in [0, 0.05) is 12.2 Å². The lowest BCUT2D eigenvalue weighted by Gasteiger charge is -2.15. The highest BCUT2D eigenvalue weighted by molar-refractivity contribution is 7.92. The summed E-state index contributed by atoms with van der Waals surface area (Å²) in [6.07, 6.45) is 2.34. The smallest absolute Gasteiger partial charge is 0.261 e. The van der Waals surface area contributed by atoms with Gasteiger partial charge in [0.1, 0.15) is 5.75 Å². The average Bonchev–Trinajstić information content (AvgIpc) is 3.11. The van der Waals surface area contributed by atoms with E-state index in [0.29, 0.717) is 17.4 Å². The van der Waals surface area contributed by atoms with Crippen molar-refractivity contribution in [3.8, 4) is 5.75 Å². The lowest BCUT2D eigenvalue weighted by molar-refractivity contribution is 0.335. The predicted molar refractivity (Wildman–Crippen MR) is 104 cm³/mol. The van der Waals surface area contributed by atoms with Gasteiger partial charge in [0.25, 0.3) is 10.0 Å². The van der Waals surface area contributed by atoms with Crippen LogP contribution >= 0.6 is 0 Å². The molecule has 0 bridgehead atoms. The molecule has 2 aromatic carbocycles. The standard InChI is InChI=1S/C20H26N2O3S/c1-3-13-22-14-12-17(15-22)16-4-6-18(7-5-16)21-26(23,24)20-10-8-19(25-2)9-11-20/h4-11,17,21H,3,12-15H2,1-2H3/t17-/m1/s1. The molecule has 0 saturated carbocycles. The zero-order valence-electron chi connectivity index (χ0n) is 15.3. The molecular weight excluding hydrogens is 348 g/mol. The van der Waals surface area contributed by atoms with Crippen LogP contribution in [0.25, 0.3) is 0 Å². The van der Waals surface area contributed by atoms with Crippen LogP contribution in [0.4, 0.5) is 5.69 Å². The summed E-state index contributed by atoms with van der Waals surface area (Å²) in [6.45, 7) is 5.59. The number of anilines is 1. The number of sulfonamides is 1. The van der Waals surface area contributed by atoms with Crippen molar-refractivity contribution in [1.29, 1.82) is 0 Å². The van der Waals surface area contributed by atoms with Gasteiger partial charge in [-0.3, -0.25) is 4.72 Å². The maximum atomic E-state index is 12.5. The minimum Gasteiger partial charge on any atom is -0.497 e. The van der Waals surface area contributed by atoms with Crippen molar-refractivity contribution in [3.05, 3.63) is 54.1 Å². The minimum absolute atomic E-state index is 0.216. The van der Waals surface area contributed by atoms with Gasteiger partial charge < -0.3 is 9.64 Å². The molecule has 140 valence electrons. The Labute approximate surface area is 156 Å². The molecule has 1 fully saturated rings. The second-order valence-corrected chi connectivity index (χ2v) is 8.37. The number of nitrogens with one attached hydrogen (secondary N) is 1. The molecule has 26 heavy (non-hydrogen) atoms. The number of ether oxygens (including phenoxy) is 1. The largest absolute Gasteiger partial charge is 0.497 e. The second kappa shape index (κ2) is 8.10. The number of nitrogens with zero attached hydrogens (tertiary/aromatic N) is 1. The van der Waals surface area contributed by atoms with Gasteiger partial charge in [0.05, 0.1) is 12.0 Å². The van der Waals surface area contributed by atoms with Crippen LogP contribution in [0.15, 0.2) is 53.4 Å². The van der Waals surface area contributed by atoms with Crippen molar-refractivity contribution >= 4 is 15.7 Å². The van der Waals surface area contributed by atoms with Crippen molar-refractivity contribution in [2.24, 2.45) is 0 Å². The fourth-order valence-corrected chi connectivity index (χ4v) is 4.47. The fraction of sp³-hybridized carbons (Fsp3) is 0.400. The molecule has 0 spiro atoms. The van der Waals surface area contributed by atoms with Gasteiger partial charge in [-0.15, -0.1) is 0 Å². The van der Waals surface area contributed by atoms with Crippen LogP contribution in [0.3, 0.4) is 0 Å². The highest BCUT2D eigenvalue weighted by Gasteiger charge is 2.23. The summed E-state index contributed by atoms with van der Waals surface area (Å²) >= 11 is 0. The second-order valence-electron chi connectivity index (χ2n) is 6.69. The molecule has 0 aliphatic carbocycles. The van der Waals surface area contributed by atoms with E-state index in [0.717, 1.165) is 26.1 Å². The van der Waals surface area contributed by atoms with E-state index in [1.54, 1.807) is 19.2 Å². The molecule has 0 unspecified atom stereocenters. The van der Waals surface area contributed by atoms with Crippen LogP contribution in [0.1, 0.15) is 31.2 Å². The number of benzene rings is 2. The first-order valence-electron chi connectivity index (χ1n) is 9.01. The molecule has 1 heterocycles. The molecule has 1 aliphatic heterocycles. The number of rotatable bonds is 7. The fourth-order valence-electron chi connectivity index (χ4n) is 3.42. The zero-order chi connectivity index (χ0) is 18.6. The molecule has 1 aliphatic rings. The Bertz CT molecular complexity index is 817. The first kappa shape index (κ1) is 18.7. The molecule has 1 atom stereocenters. The molecular formula is C20H26N2O3S. The minimum atomic E-state index is -3.60. The first-order chi connectivity index (χ1) is 12.5. The Morgan fingerprint density at radius 2 is 1.81 bits per heavy atom. The number of hydrogen-bond donors (Lipinski definition) is 1. The Balaban J connectivity index is 1.67. The van der Waals surface area contributed by atoms with Crippen LogP contribution in [-0.2, 0) is 10.0 Å². The van der Waals surface area contributed by atoms with Crippen LogP contribution < -0.4 is 9.46 Å². The Hall–Kier alpha value is -2.05. The summed E-state index contributed by atoms with van der Waals surface area (Å²) in [6, 6.07) is 14.1. The van der Waals surface area contributed by atoms with Crippen molar-refractivity contribution in [2.75, 3.05) is 31.5 Å². The first-order valence-corrected chi connectivity index (χ1v) is 10.5. The molecule has 3 rings (SSSR count). The average molecular weight is 375 g/mol. The SMILES string of the molecule is CCCN1CC[C@@H](c2ccc(NS(=O)(=O)c3ccc(OC)cc3)cc2)C1. The van der Waals surface area contributed by atoms with E-state index < -0.39 is 10.0 Å². The lowest BCUT2D eigenvalue weighted by atomic mass is 9.98. The third-order valence-corrected chi connectivity index (χ3v) is 6.21. The van der Waals surface area contributed by atoms with Crippen molar-refractivity contribution < 1.29 is 13.2 Å². The number of methoxy groups -OCH3 is 1. The van der Waals surface area contributed by atoms with E-state index >= 15 is 0 Å². The van der Waals surface area contributed by atoms with Gasteiger partial charge in [-0.1, -0.05) is 19.1 Å². The van der Waals surface area contributed by atoms with Crippen LogP contribution in [-0.4, -0.2) is 40.1 Å². The van der Waals surface area contributed by atoms with Gasteiger partial charge in [-0.25, -0.2) is 8.42 Å². The summed E-state index contributed by atoms with van der Waals surface area (Å²) in [4.78, 5) is 2.71. The maximum absolute atomic E-state index is 12.5. The lowest BCUT2D eigenvalue weighted by Crippen LogP contribution is -2.20. The third kappa shape index (κ3) is 4.37. The highest BCUT2D eigenvalue weighted by Crippen LogP contribution is 2.28. The van der Waals surface area contributed by atoms with E-state index in [1.165, 1.54) is 24.1 Å². The molecule has 0 aromatic heterocycles. The molecule has 1 N–H and O–H groups in total. The van der Waals surface area contributed by atoms with Crippen LogP contribution in [0.5, 0.6) is 5.75 Å². The molecule has 0 amide bonds. The molecule has 1 saturated heterocycles. The number of hydrogen-bond acceptors (Lipinski definition) is 4. The van der Waals surface area contributed by atoms with E-state index in [-0.39, 0.29) is 4.90 Å².